The highest BCUT2D eigenvalue weighted by molar-refractivity contribution is 9.10. The molecule has 0 atom stereocenters. The summed E-state index contributed by atoms with van der Waals surface area (Å²) in [5, 5.41) is 9.93. The molecule has 1 nitrogen and oxygen atoms in total. The van der Waals surface area contributed by atoms with Crippen LogP contribution in [0.3, 0.4) is 0 Å². The molecule has 1 aliphatic rings. The molecule has 0 saturated heterocycles. The van der Waals surface area contributed by atoms with Crippen LogP contribution in [0.1, 0.15) is 52.2 Å². The van der Waals surface area contributed by atoms with E-state index in [1.54, 1.807) is 0 Å². The molecule has 0 fully saturated rings. The first-order valence-electron chi connectivity index (χ1n) is 6.37. The van der Waals surface area contributed by atoms with Gasteiger partial charge in [-0.1, -0.05) is 40.7 Å². The van der Waals surface area contributed by atoms with Crippen LogP contribution in [-0.2, 0) is 5.41 Å². The summed E-state index contributed by atoms with van der Waals surface area (Å²) in [5.74, 6) is 0.331. The van der Waals surface area contributed by atoms with Crippen molar-refractivity contribution in [3.05, 3.63) is 33.8 Å². The number of allylic oxidation sites excluding steroid dienone is 2. The molecular weight excluding hydrogens is 288 g/mol. The van der Waals surface area contributed by atoms with E-state index in [9.17, 15) is 5.11 Å². The summed E-state index contributed by atoms with van der Waals surface area (Å²) in [4.78, 5) is 0. The first-order valence-corrected chi connectivity index (χ1v) is 7.16. The highest BCUT2D eigenvalue weighted by Crippen LogP contribution is 2.47. The van der Waals surface area contributed by atoms with Crippen molar-refractivity contribution in [2.24, 2.45) is 5.41 Å². The van der Waals surface area contributed by atoms with Gasteiger partial charge in [0.2, 0.25) is 0 Å². The Balaban J connectivity index is 2.71. The van der Waals surface area contributed by atoms with Gasteiger partial charge < -0.3 is 5.11 Å². The maximum Gasteiger partial charge on any atom is 0.130 e. The summed E-state index contributed by atoms with van der Waals surface area (Å²) >= 11 is 3.43. The normalized spacial score (nSPS) is 18.2. The third kappa shape index (κ3) is 2.23. The molecule has 98 valence electrons. The fraction of sp³-hybridized carbons (Fsp3) is 0.500. The second kappa shape index (κ2) is 4.12. The van der Waals surface area contributed by atoms with Crippen LogP contribution in [0.15, 0.2) is 22.7 Å². The molecule has 0 aromatic heterocycles. The van der Waals surface area contributed by atoms with Gasteiger partial charge in [0, 0.05) is 0 Å². The zero-order valence-corrected chi connectivity index (χ0v) is 13.4. The molecule has 0 saturated carbocycles. The van der Waals surface area contributed by atoms with Crippen LogP contribution in [0.5, 0.6) is 5.75 Å². The lowest BCUT2D eigenvalue weighted by Gasteiger charge is -2.36. The van der Waals surface area contributed by atoms with E-state index < -0.39 is 0 Å². The quantitative estimate of drug-likeness (QED) is 0.692. The minimum Gasteiger partial charge on any atom is -0.507 e. The number of hydrogen-bond acceptors (Lipinski definition) is 1. The van der Waals surface area contributed by atoms with E-state index >= 15 is 0 Å². The van der Waals surface area contributed by atoms with Crippen molar-refractivity contribution in [3.63, 3.8) is 0 Å². The van der Waals surface area contributed by atoms with E-state index in [1.807, 2.05) is 6.07 Å². The topological polar surface area (TPSA) is 20.2 Å². The molecule has 0 unspecified atom stereocenters. The van der Waals surface area contributed by atoms with Crippen LogP contribution in [0.25, 0.3) is 5.57 Å². The van der Waals surface area contributed by atoms with Crippen LogP contribution in [0.2, 0.25) is 0 Å². The molecule has 0 spiro atoms. The molecule has 2 rings (SSSR count). The first kappa shape index (κ1) is 13.7. The van der Waals surface area contributed by atoms with E-state index in [0.717, 1.165) is 10.9 Å². The lowest BCUT2D eigenvalue weighted by molar-refractivity contribution is 0.460. The van der Waals surface area contributed by atoms with Gasteiger partial charge in [0.05, 0.1) is 4.47 Å². The Hall–Kier alpha value is -0.760. The molecule has 2 heteroatoms. The summed E-state index contributed by atoms with van der Waals surface area (Å²) in [6, 6.07) is 3.97. The van der Waals surface area contributed by atoms with Crippen molar-refractivity contribution >= 4 is 21.5 Å². The van der Waals surface area contributed by atoms with Gasteiger partial charge in [0.25, 0.3) is 0 Å². The van der Waals surface area contributed by atoms with Crippen molar-refractivity contribution in [1.29, 1.82) is 0 Å². The summed E-state index contributed by atoms with van der Waals surface area (Å²) in [5.41, 5.74) is 4.10. The van der Waals surface area contributed by atoms with E-state index in [2.05, 4.69) is 62.7 Å². The smallest absolute Gasteiger partial charge is 0.130 e. The first-order chi connectivity index (χ1) is 8.13. The number of halogens is 1. The number of aromatic hydroxyl groups is 1. The zero-order valence-electron chi connectivity index (χ0n) is 11.8. The minimum absolute atomic E-state index is 0.0856. The molecule has 1 aliphatic carbocycles. The Morgan fingerprint density at radius 3 is 2.39 bits per heavy atom. The Labute approximate surface area is 118 Å². The fourth-order valence-electron chi connectivity index (χ4n) is 2.63. The van der Waals surface area contributed by atoms with Gasteiger partial charge in [-0.2, -0.15) is 0 Å². The fourth-order valence-corrected chi connectivity index (χ4v) is 2.98. The number of phenols is 1. The number of hydrogen-bond donors (Lipinski definition) is 1. The predicted molar refractivity (Wildman–Crippen MR) is 80.9 cm³/mol. The van der Waals surface area contributed by atoms with Crippen LogP contribution in [-0.4, -0.2) is 5.11 Å². The third-order valence-electron chi connectivity index (χ3n) is 3.73. The van der Waals surface area contributed by atoms with Crippen molar-refractivity contribution in [1.82, 2.24) is 0 Å². The summed E-state index contributed by atoms with van der Waals surface area (Å²) in [6.45, 7) is 11.2. The Bertz CT molecular complexity index is 519. The van der Waals surface area contributed by atoms with Crippen molar-refractivity contribution in [3.8, 4) is 5.75 Å². The van der Waals surface area contributed by atoms with Gasteiger partial charge in [-0.15, -0.1) is 0 Å². The van der Waals surface area contributed by atoms with E-state index in [0.29, 0.717) is 5.75 Å². The SMILES string of the molecule is CC(C)(C)C1=CCC(C)(C)c2cc(O)c(Br)cc21. The van der Waals surface area contributed by atoms with Crippen LogP contribution >= 0.6 is 15.9 Å². The summed E-state index contributed by atoms with van der Waals surface area (Å²) < 4.78 is 0.772. The maximum absolute atomic E-state index is 9.93. The lowest BCUT2D eigenvalue weighted by Crippen LogP contribution is -2.24. The Morgan fingerprint density at radius 2 is 1.83 bits per heavy atom. The average molecular weight is 309 g/mol. The van der Waals surface area contributed by atoms with Gasteiger partial charge in [-0.3, -0.25) is 0 Å². The molecule has 18 heavy (non-hydrogen) atoms. The molecule has 0 bridgehead atoms. The van der Waals surface area contributed by atoms with Crippen LogP contribution in [0.4, 0.5) is 0 Å². The van der Waals surface area contributed by atoms with Gasteiger partial charge in [0.15, 0.2) is 0 Å². The molecule has 0 amide bonds. The van der Waals surface area contributed by atoms with Gasteiger partial charge in [-0.25, -0.2) is 0 Å². The van der Waals surface area contributed by atoms with Crippen LogP contribution in [0, 0.1) is 5.41 Å². The molecule has 1 aromatic carbocycles. The van der Waals surface area contributed by atoms with Crippen molar-refractivity contribution < 1.29 is 5.11 Å². The minimum atomic E-state index is 0.0856. The van der Waals surface area contributed by atoms with Gasteiger partial charge in [0.1, 0.15) is 5.75 Å². The Morgan fingerprint density at radius 1 is 1.22 bits per heavy atom. The maximum atomic E-state index is 9.93. The second-order valence-corrected chi connectivity index (χ2v) is 7.66. The monoisotopic (exact) mass is 308 g/mol. The Kier molecular flexibility index (Phi) is 3.13. The molecule has 0 radical (unpaired) electrons. The third-order valence-corrected chi connectivity index (χ3v) is 4.37. The van der Waals surface area contributed by atoms with Gasteiger partial charge >= 0.3 is 0 Å². The largest absolute Gasteiger partial charge is 0.507 e. The standard InChI is InChI=1S/C16H21BrO/c1-15(2,3)11-6-7-16(4,5)12-9-14(18)13(17)8-10(11)12/h6,8-9,18H,7H2,1-5H3. The lowest BCUT2D eigenvalue weighted by atomic mass is 9.68. The predicted octanol–water partition coefficient (Wildman–Crippen LogP) is 5.27. The zero-order chi connectivity index (χ0) is 13.7. The molecule has 0 heterocycles. The van der Waals surface area contributed by atoms with E-state index in [4.69, 9.17) is 0 Å². The molecular formula is C16H21BrO. The summed E-state index contributed by atoms with van der Waals surface area (Å²) in [7, 11) is 0. The number of rotatable bonds is 0. The molecule has 0 aliphatic heterocycles. The second-order valence-electron chi connectivity index (χ2n) is 6.81. The van der Waals surface area contributed by atoms with Crippen molar-refractivity contribution in [2.75, 3.05) is 0 Å². The van der Waals surface area contributed by atoms with Crippen molar-refractivity contribution in [2.45, 2.75) is 46.5 Å². The van der Waals surface area contributed by atoms with E-state index in [1.165, 1.54) is 16.7 Å². The summed E-state index contributed by atoms with van der Waals surface area (Å²) in [6.07, 6.45) is 3.37. The number of benzene rings is 1. The highest BCUT2D eigenvalue weighted by Gasteiger charge is 2.32. The number of phenolic OH excluding ortho intramolecular Hbond substituents is 1. The average Bonchev–Trinajstić information content (AvgIpc) is 2.19. The molecule has 1 aromatic rings. The number of fused-ring (bicyclic) bond motifs is 1. The highest BCUT2D eigenvalue weighted by atomic mass is 79.9. The molecule has 1 N–H and O–H groups in total. The van der Waals surface area contributed by atoms with Gasteiger partial charge in [-0.05, 0) is 62.0 Å². The van der Waals surface area contributed by atoms with E-state index in [-0.39, 0.29) is 10.8 Å². The van der Waals surface area contributed by atoms with Crippen LogP contribution < -0.4 is 0 Å².